The van der Waals surface area contributed by atoms with Crippen LogP contribution in [0.1, 0.15) is 47.3 Å². The molecule has 0 spiro atoms. The third kappa shape index (κ3) is 7.38. The highest BCUT2D eigenvalue weighted by atomic mass is 31.1. The van der Waals surface area contributed by atoms with E-state index in [0.717, 1.165) is 5.39 Å². The van der Waals surface area contributed by atoms with Crippen LogP contribution in [0, 0.1) is 5.41 Å². The van der Waals surface area contributed by atoms with Gasteiger partial charge >= 0.3 is 14.1 Å². The van der Waals surface area contributed by atoms with Gasteiger partial charge in [0.15, 0.2) is 35.4 Å². The molecule has 4 aromatic rings. The molecule has 1 aliphatic heterocycles. The van der Waals surface area contributed by atoms with Crippen LogP contribution in [-0.2, 0) is 14.3 Å². The Hall–Kier alpha value is -4.17. The van der Waals surface area contributed by atoms with E-state index in [2.05, 4.69) is 19.7 Å². The number of nitrogen functional groups attached to an aromatic ring is 1. The van der Waals surface area contributed by atoms with Crippen molar-refractivity contribution < 1.29 is 42.7 Å². The number of esters is 1. The number of carbonyl (C=O) groups excluding carboxylic acids is 1. The van der Waals surface area contributed by atoms with Gasteiger partial charge in [-0.1, -0.05) is 55.8 Å². The van der Waals surface area contributed by atoms with Gasteiger partial charge in [0.1, 0.15) is 18.3 Å². The first kappa shape index (κ1) is 34.2. The predicted molar refractivity (Wildman–Crippen MR) is 170 cm³/mol. The normalized spacial score (nSPS) is 22.4. The molecule has 16 heteroatoms. The number of fused-ring (bicyclic) bond motifs is 2. The molecule has 47 heavy (non-hydrogen) atoms. The zero-order valence-corrected chi connectivity index (χ0v) is 27.8. The highest BCUT2D eigenvalue weighted by Gasteiger charge is 2.55. The second-order valence-corrected chi connectivity index (χ2v) is 13.5. The molecule has 3 N–H and O–H groups in total. The summed E-state index contributed by atoms with van der Waals surface area (Å²) in [7, 11) is -1.36. The molecule has 252 valence electrons. The smallest absolute Gasteiger partial charge is 0.395 e. The lowest BCUT2D eigenvalue weighted by molar-refractivity contribution is -0.169. The van der Waals surface area contributed by atoms with E-state index in [0.29, 0.717) is 11.8 Å². The zero-order chi connectivity index (χ0) is 34.1. The highest BCUT2D eigenvalue weighted by Crippen LogP contribution is 2.44. The molecule has 6 atom stereocenters. The lowest BCUT2D eigenvalue weighted by Gasteiger charge is -2.26. The van der Waals surface area contributed by atoms with Gasteiger partial charge in [-0.2, -0.15) is 9.97 Å². The van der Waals surface area contributed by atoms with Gasteiger partial charge in [-0.15, -0.1) is 0 Å². The first-order valence-corrected chi connectivity index (χ1v) is 16.1. The van der Waals surface area contributed by atoms with Crippen molar-refractivity contribution in [2.45, 2.75) is 71.2 Å². The standard InChI is InChI=1S/C31H38FN6O8P/c1-17(27(39)43-14-13-30(2,3)4)37-47(41)46-23-19-10-8-7-9-18(19)11-12-20(23)44-15-21-24(32)31(5,40)28(45-21)38-16-34-22-25(38)35-29(33)36-26(22)42-6/h7-12,16-17,21,24,28,40H,13-15H2,1-6H3,(H2,33,35,36)/t17-,21+,24+,28?,31+/m0/s1. The molecule has 1 saturated heterocycles. The molecule has 2 unspecified atom stereocenters. The Bertz CT molecular complexity index is 1800. The number of alkyl halides is 1. The van der Waals surface area contributed by atoms with Crippen LogP contribution in [0.15, 0.2) is 47.5 Å². The lowest BCUT2D eigenvalue weighted by atomic mass is 9.93. The maximum atomic E-state index is 15.8. The lowest BCUT2D eigenvalue weighted by Crippen LogP contribution is -2.42. The Kier molecular flexibility index (Phi) is 9.83. The molecular formula is C31H38FN6O8P. The number of hydrogen-bond donors (Lipinski definition) is 2. The fourth-order valence-corrected chi connectivity index (χ4v) is 5.82. The van der Waals surface area contributed by atoms with E-state index in [9.17, 15) is 14.8 Å². The average Bonchev–Trinajstić information content (AvgIpc) is 3.52. The van der Waals surface area contributed by atoms with Gasteiger partial charge in [-0.05, 0) is 37.1 Å². The number of imidazole rings is 1. The minimum Gasteiger partial charge on any atom is -0.575 e. The Morgan fingerprint density at radius 1 is 1.28 bits per heavy atom. The van der Waals surface area contributed by atoms with Crippen LogP contribution in [0.3, 0.4) is 0 Å². The zero-order valence-electron chi connectivity index (χ0n) is 26.9. The van der Waals surface area contributed by atoms with Gasteiger partial charge in [0, 0.05) is 5.39 Å². The fourth-order valence-electron chi connectivity index (χ4n) is 5.05. The number of anilines is 1. The van der Waals surface area contributed by atoms with Crippen molar-refractivity contribution in [3.05, 3.63) is 42.7 Å². The predicted octanol–water partition coefficient (Wildman–Crippen LogP) is 4.24. The van der Waals surface area contributed by atoms with E-state index in [-0.39, 0.29) is 53.1 Å². The maximum Gasteiger partial charge on any atom is 0.395 e. The number of halogens is 1. The maximum absolute atomic E-state index is 15.8. The van der Waals surface area contributed by atoms with E-state index in [1.807, 2.05) is 32.9 Å². The molecule has 14 nitrogen and oxygen atoms in total. The van der Waals surface area contributed by atoms with Crippen molar-refractivity contribution in [3.63, 3.8) is 0 Å². The summed E-state index contributed by atoms with van der Waals surface area (Å²) in [5.41, 5.74) is 4.20. The monoisotopic (exact) mass is 672 g/mol. The van der Waals surface area contributed by atoms with Crippen LogP contribution in [0.2, 0.25) is 0 Å². The molecule has 5 rings (SSSR count). The van der Waals surface area contributed by atoms with Gasteiger partial charge in [0.25, 0.3) is 0 Å². The van der Waals surface area contributed by atoms with E-state index >= 15 is 4.39 Å². The molecule has 2 aromatic carbocycles. The summed E-state index contributed by atoms with van der Waals surface area (Å²) in [6.45, 7) is 8.70. The summed E-state index contributed by atoms with van der Waals surface area (Å²) in [4.78, 5) is 37.9. The van der Waals surface area contributed by atoms with E-state index in [4.69, 9.17) is 29.2 Å². The van der Waals surface area contributed by atoms with Gasteiger partial charge in [-0.25, -0.2) is 14.2 Å². The largest absolute Gasteiger partial charge is 0.575 e. The van der Waals surface area contributed by atoms with Crippen molar-refractivity contribution in [2.75, 3.05) is 26.1 Å². The molecule has 3 heterocycles. The van der Waals surface area contributed by atoms with Crippen LogP contribution in [0.4, 0.5) is 10.3 Å². The number of ether oxygens (including phenoxy) is 4. The molecule has 0 radical (unpaired) electrons. The SMILES string of the molecule is COc1nc(N)nc2c1ncn2C1O[C@H](COc2ccc3ccccc3c2O/[P+]([O-])=N/[C@@H](C)C(=O)OCCC(C)(C)C)[C@@H](F)[C@@]1(C)O. The van der Waals surface area contributed by atoms with Crippen LogP contribution in [0.5, 0.6) is 17.4 Å². The first-order chi connectivity index (χ1) is 22.2. The van der Waals surface area contributed by atoms with E-state index < -0.39 is 44.3 Å². The molecule has 0 bridgehead atoms. The van der Waals surface area contributed by atoms with Crippen molar-refractivity contribution in [2.24, 2.45) is 10.2 Å². The van der Waals surface area contributed by atoms with Crippen molar-refractivity contribution >= 4 is 42.0 Å². The number of nitrogens with zero attached hydrogens (tertiary/aromatic N) is 5. The Balaban J connectivity index is 1.35. The Morgan fingerprint density at radius 2 is 2.02 bits per heavy atom. The van der Waals surface area contributed by atoms with Crippen LogP contribution < -0.4 is 24.6 Å². The first-order valence-electron chi connectivity index (χ1n) is 14.9. The number of benzene rings is 2. The quantitative estimate of drug-likeness (QED) is 0.171. The third-order valence-corrected chi connectivity index (χ3v) is 8.54. The molecule has 1 fully saturated rings. The molecular weight excluding hydrogens is 634 g/mol. The summed E-state index contributed by atoms with van der Waals surface area (Å²) in [6, 6.07) is 9.44. The Labute approximate surface area is 271 Å². The van der Waals surface area contributed by atoms with Crippen LogP contribution >= 0.6 is 8.17 Å². The number of hydrogen-bond acceptors (Lipinski definition) is 13. The molecule has 0 aliphatic carbocycles. The van der Waals surface area contributed by atoms with Gasteiger partial charge < -0.3 is 34.7 Å². The molecule has 1 aliphatic rings. The van der Waals surface area contributed by atoms with Gasteiger partial charge in [0.05, 0.1) is 20.0 Å². The summed E-state index contributed by atoms with van der Waals surface area (Å²) in [5.74, 6) is -0.409. The summed E-state index contributed by atoms with van der Waals surface area (Å²) < 4.78 is 49.3. The molecule has 0 amide bonds. The Morgan fingerprint density at radius 3 is 2.74 bits per heavy atom. The number of nitrogens with two attached hydrogens (primary N) is 1. The number of methoxy groups -OCH3 is 1. The fraction of sp³-hybridized carbons (Fsp3) is 0.484. The molecule has 0 saturated carbocycles. The molecule has 2 aromatic heterocycles. The number of aliphatic hydroxyl groups is 1. The summed E-state index contributed by atoms with van der Waals surface area (Å²) >= 11 is 0. The number of aromatic nitrogens is 4. The highest BCUT2D eigenvalue weighted by molar-refractivity contribution is 7.34. The second kappa shape index (κ2) is 13.5. The minimum atomic E-state index is -2.75. The second-order valence-electron chi connectivity index (χ2n) is 12.6. The summed E-state index contributed by atoms with van der Waals surface area (Å²) in [5, 5.41) is 12.5. The average molecular weight is 673 g/mol. The topological polar surface area (TPSA) is 188 Å². The summed E-state index contributed by atoms with van der Waals surface area (Å²) in [6.07, 6.45) is -2.45. The van der Waals surface area contributed by atoms with Crippen molar-refractivity contribution in [1.29, 1.82) is 0 Å². The van der Waals surface area contributed by atoms with E-state index in [1.54, 1.807) is 24.3 Å². The van der Waals surface area contributed by atoms with Gasteiger partial charge in [0.2, 0.25) is 17.6 Å². The van der Waals surface area contributed by atoms with E-state index in [1.165, 1.54) is 31.9 Å². The van der Waals surface area contributed by atoms with Crippen molar-refractivity contribution in [1.82, 2.24) is 19.5 Å². The minimum absolute atomic E-state index is 0.0203. The third-order valence-electron chi connectivity index (χ3n) is 7.66. The van der Waals surface area contributed by atoms with Crippen molar-refractivity contribution in [3.8, 4) is 17.4 Å². The number of rotatable bonds is 11. The van der Waals surface area contributed by atoms with Crippen LogP contribution in [0.25, 0.3) is 21.9 Å². The number of carbonyl (C=O) groups is 1. The van der Waals surface area contributed by atoms with Crippen LogP contribution in [-0.4, -0.2) is 74.8 Å². The van der Waals surface area contributed by atoms with Gasteiger partial charge in [-0.3, -0.25) is 9.09 Å².